The number of rotatable bonds is 4. The van der Waals surface area contributed by atoms with Crippen LogP contribution in [0.3, 0.4) is 0 Å². The van der Waals surface area contributed by atoms with Crippen molar-refractivity contribution in [2.45, 2.75) is 32.3 Å². The number of carbonyl (C=O) groups is 1. The lowest BCUT2D eigenvalue weighted by Gasteiger charge is -2.21. The minimum absolute atomic E-state index is 0.0871. The smallest absolute Gasteiger partial charge is 0.123 e. The van der Waals surface area contributed by atoms with Gasteiger partial charge in [-0.3, -0.25) is 0 Å². The van der Waals surface area contributed by atoms with Crippen molar-refractivity contribution in [2.24, 2.45) is 0 Å². The second kappa shape index (κ2) is 4.53. The van der Waals surface area contributed by atoms with Gasteiger partial charge in [-0.1, -0.05) is 6.07 Å². The van der Waals surface area contributed by atoms with Gasteiger partial charge in [-0.05, 0) is 37.1 Å². The third-order valence-electron chi connectivity index (χ3n) is 2.40. The van der Waals surface area contributed by atoms with Crippen molar-refractivity contribution in [3.63, 3.8) is 0 Å². The van der Waals surface area contributed by atoms with Crippen LogP contribution in [0.25, 0.3) is 0 Å². The molecule has 1 rings (SSSR count). The summed E-state index contributed by atoms with van der Waals surface area (Å²) in [6.07, 6.45) is 1.14. The van der Waals surface area contributed by atoms with Gasteiger partial charge in [0.05, 0.1) is 5.60 Å². The Morgan fingerprint density at radius 2 is 2.20 bits per heavy atom. The molecule has 1 aromatic carbocycles. The predicted molar refractivity (Wildman–Crippen MR) is 56.1 cm³/mol. The molecule has 0 saturated carbocycles. The molecule has 0 aliphatic heterocycles. The van der Waals surface area contributed by atoms with Crippen molar-refractivity contribution < 1.29 is 14.3 Å². The van der Waals surface area contributed by atoms with Crippen LogP contribution in [0, 0.1) is 12.7 Å². The predicted octanol–water partition coefficient (Wildman–Crippen LogP) is 2.02. The highest BCUT2D eigenvalue weighted by molar-refractivity contribution is 5.51. The Morgan fingerprint density at radius 3 is 2.73 bits per heavy atom. The van der Waals surface area contributed by atoms with E-state index in [1.54, 1.807) is 19.9 Å². The van der Waals surface area contributed by atoms with Crippen LogP contribution in [0.5, 0.6) is 0 Å². The van der Waals surface area contributed by atoms with Crippen LogP contribution in [-0.4, -0.2) is 17.0 Å². The van der Waals surface area contributed by atoms with Crippen molar-refractivity contribution in [3.8, 4) is 0 Å². The first-order valence-electron chi connectivity index (χ1n) is 4.86. The van der Waals surface area contributed by atoms with Crippen molar-refractivity contribution in [1.82, 2.24) is 0 Å². The number of benzene rings is 1. The molecule has 0 heterocycles. The molecular weight excluding hydrogens is 195 g/mol. The summed E-state index contributed by atoms with van der Waals surface area (Å²) >= 11 is 0. The van der Waals surface area contributed by atoms with Crippen LogP contribution in [0.2, 0.25) is 0 Å². The first-order chi connectivity index (χ1) is 6.94. The number of aldehydes is 1. The van der Waals surface area contributed by atoms with Gasteiger partial charge in [0.25, 0.3) is 0 Å². The zero-order valence-corrected chi connectivity index (χ0v) is 8.96. The topological polar surface area (TPSA) is 37.3 Å². The molecule has 15 heavy (non-hydrogen) atoms. The van der Waals surface area contributed by atoms with Crippen LogP contribution < -0.4 is 0 Å². The van der Waals surface area contributed by atoms with E-state index in [9.17, 15) is 14.3 Å². The zero-order valence-electron chi connectivity index (χ0n) is 8.96. The maximum Gasteiger partial charge on any atom is 0.123 e. The van der Waals surface area contributed by atoms with Gasteiger partial charge in [0.15, 0.2) is 0 Å². The van der Waals surface area contributed by atoms with E-state index in [4.69, 9.17) is 0 Å². The fourth-order valence-electron chi connectivity index (χ4n) is 1.52. The van der Waals surface area contributed by atoms with E-state index >= 15 is 0 Å². The molecule has 82 valence electrons. The standard InChI is InChI=1S/C12H15FO2/c1-9-7-11(13)4-3-10(9)8-12(2,15)5-6-14/h3-4,6-7,15H,5,8H2,1-2H3. The Kier molecular flexibility index (Phi) is 3.58. The molecule has 1 unspecified atom stereocenters. The maximum absolute atomic E-state index is 12.8. The molecule has 0 aliphatic carbocycles. The lowest BCUT2D eigenvalue weighted by Crippen LogP contribution is -2.27. The molecule has 0 saturated heterocycles. The minimum atomic E-state index is -1.05. The Labute approximate surface area is 88.7 Å². The molecule has 0 aliphatic rings. The van der Waals surface area contributed by atoms with Crippen LogP contribution >= 0.6 is 0 Å². The fourth-order valence-corrected chi connectivity index (χ4v) is 1.52. The molecule has 3 heteroatoms. The molecule has 0 amide bonds. The quantitative estimate of drug-likeness (QED) is 0.772. The number of hydrogen-bond acceptors (Lipinski definition) is 2. The van der Waals surface area contributed by atoms with E-state index in [1.807, 2.05) is 0 Å². The molecule has 0 fully saturated rings. The number of halogens is 1. The van der Waals surface area contributed by atoms with Gasteiger partial charge in [-0.15, -0.1) is 0 Å². The number of carbonyl (C=O) groups excluding carboxylic acids is 1. The highest BCUT2D eigenvalue weighted by Gasteiger charge is 2.21. The first-order valence-corrected chi connectivity index (χ1v) is 4.86. The summed E-state index contributed by atoms with van der Waals surface area (Å²) in [7, 11) is 0. The summed E-state index contributed by atoms with van der Waals surface area (Å²) in [5.41, 5.74) is 0.606. The Balaban J connectivity index is 2.84. The maximum atomic E-state index is 12.8. The highest BCUT2D eigenvalue weighted by atomic mass is 19.1. The molecule has 0 aromatic heterocycles. The van der Waals surface area contributed by atoms with E-state index in [0.717, 1.165) is 11.1 Å². The summed E-state index contributed by atoms with van der Waals surface area (Å²) in [6, 6.07) is 4.43. The van der Waals surface area contributed by atoms with Gasteiger partial charge in [0.1, 0.15) is 12.1 Å². The summed E-state index contributed by atoms with van der Waals surface area (Å²) in [6.45, 7) is 3.39. The second-order valence-electron chi connectivity index (χ2n) is 4.12. The Bertz CT molecular complexity index is 359. The zero-order chi connectivity index (χ0) is 11.5. The van der Waals surface area contributed by atoms with E-state index in [1.165, 1.54) is 12.1 Å². The Hall–Kier alpha value is -1.22. The normalized spacial score (nSPS) is 14.7. The summed E-state index contributed by atoms with van der Waals surface area (Å²) < 4.78 is 12.8. The van der Waals surface area contributed by atoms with Crippen molar-refractivity contribution in [3.05, 3.63) is 35.1 Å². The molecule has 0 spiro atoms. The average molecular weight is 210 g/mol. The molecular formula is C12H15FO2. The molecule has 1 aromatic rings. The second-order valence-corrected chi connectivity index (χ2v) is 4.12. The number of aryl methyl sites for hydroxylation is 1. The van der Waals surface area contributed by atoms with Gasteiger partial charge >= 0.3 is 0 Å². The third-order valence-corrected chi connectivity index (χ3v) is 2.40. The van der Waals surface area contributed by atoms with Crippen molar-refractivity contribution in [1.29, 1.82) is 0 Å². The van der Waals surface area contributed by atoms with Gasteiger partial charge in [-0.25, -0.2) is 4.39 Å². The largest absolute Gasteiger partial charge is 0.389 e. The van der Waals surface area contributed by atoms with Crippen LogP contribution in [0.1, 0.15) is 24.5 Å². The summed E-state index contributed by atoms with van der Waals surface area (Å²) in [5, 5.41) is 9.84. The molecule has 1 N–H and O–H groups in total. The van der Waals surface area contributed by atoms with Crippen LogP contribution in [0.4, 0.5) is 4.39 Å². The van der Waals surface area contributed by atoms with Gasteiger partial charge < -0.3 is 9.90 Å². The van der Waals surface area contributed by atoms with E-state index in [-0.39, 0.29) is 12.2 Å². The SMILES string of the molecule is Cc1cc(F)ccc1CC(C)(O)CC=O. The van der Waals surface area contributed by atoms with Gasteiger partial charge in [0.2, 0.25) is 0 Å². The van der Waals surface area contributed by atoms with Gasteiger partial charge in [0, 0.05) is 12.8 Å². The number of aliphatic hydroxyl groups is 1. The molecule has 0 radical (unpaired) electrons. The van der Waals surface area contributed by atoms with Crippen molar-refractivity contribution in [2.75, 3.05) is 0 Å². The van der Waals surface area contributed by atoms with E-state index in [2.05, 4.69) is 0 Å². The lowest BCUT2D eigenvalue weighted by molar-refractivity contribution is -0.111. The monoisotopic (exact) mass is 210 g/mol. The first kappa shape index (κ1) is 11.9. The van der Waals surface area contributed by atoms with E-state index < -0.39 is 5.60 Å². The summed E-state index contributed by atoms with van der Waals surface area (Å²) in [4.78, 5) is 10.3. The van der Waals surface area contributed by atoms with Crippen LogP contribution in [-0.2, 0) is 11.2 Å². The van der Waals surface area contributed by atoms with E-state index in [0.29, 0.717) is 12.7 Å². The number of hydrogen-bond donors (Lipinski definition) is 1. The van der Waals surface area contributed by atoms with Gasteiger partial charge in [-0.2, -0.15) is 0 Å². The Morgan fingerprint density at radius 1 is 1.53 bits per heavy atom. The lowest BCUT2D eigenvalue weighted by atomic mass is 9.91. The van der Waals surface area contributed by atoms with Crippen molar-refractivity contribution >= 4 is 6.29 Å². The van der Waals surface area contributed by atoms with Crippen LogP contribution in [0.15, 0.2) is 18.2 Å². The summed E-state index contributed by atoms with van der Waals surface area (Å²) in [5.74, 6) is -0.286. The third kappa shape index (κ3) is 3.44. The molecule has 1 atom stereocenters. The minimum Gasteiger partial charge on any atom is -0.389 e. The molecule has 0 bridgehead atoms. The average Bonchev–Trinajstić information content (AvgIpc) is 2.09. The highest BCUT2D eigenvalue weighted by Crippen LogP contribution is 2.19. The molecule has 2 nitrogen and oxygen atoms in total. The fraction of sp³-hybridized carbons (Fsp3) is 0.417.